The van der Waals surface area contributed by atoms with Gasteiger partial charge in [0.2, 0.25) is 0 Å². The fourth-order valence-corrected chi connectivity index (χ4v) is 2.21. The van der Waals surface area contributed by atoms with Crippen molar-refractivity contribution in [1.29, 1.82) is 0 Å². The van der Waals surface area contributed by atoms with Crippen LogP contribution in [0.5, 0.6) is 0 Å². The average Bonchev–Trinajstić information content (AvgIpc) is 2.82. The van der Waals surface area contributed by atoms with E-state index in [0.717, 1.165) is 18.7 Å². The highest BCUT2D eigenvalue weighted by Gasteiger charge is 2.16. The SMILES string of the molecule is CCNC(c1cccc(CC)c1)c1ccc(Cl)o1. The Hall–Kier alpha value is -1.25. The molecule has 0 spiro atoms. The molecule has 2 rings (SSSR count). The maximum atomic E-state index is 5.86. The topological polar surface area (TPSA) is 25.2 Å². The first-order valence-corrected chi connectivity index (χ1v) is 6.69. The van der Waals surface area contributed by atoms with Crippen LogP contribution in [0.15, 0.2) is 40.8 Å². The van der Waals surface area contributed by atoms with Gasteiger partial charge in [0.15, 0.2) is 5.22 Å². The second-order valence-electron chi connectivity index (χ2n) is 4.23. The monoisotopic (exact) mass is 263 g/mol. The largest absolute Gasteiger partial charge is 0.448 e. The zero-order chi connectivity index (χ0) is 13.0. The molecule has 0 radical (unpaired) electrons. The van der Waals surface area contributed by atoms with Gasteiger partial charge in [0.05, 0.1) is 6.04 Å². The van der Waals surface area contributed by atoms with Crippen LogP contribution >= 0.6 is 11.6 Å². The molecule has 0 aliphatic rings. The first-order chi connectivity index (χ1) is 8.74. The molecule has 2 aromatic rings. The lowest BCUT2D eigenvalue weighted by atomic mass is 10.0. The number of aryl methyl sites for hydroxylation is 1. The number of furan rings is 1. The van der Waals surface area contributed by atoms with E-state index < -0.39 is 0 Å². The third-order valence-corrected chi connectivity index (χ3v) is 3.18. The van der Waals surface area contributed by atoms with Crippen LogP contribution in [0.1, 0.15) is 36.8 Å². The van der Waals surface area contributed by atoms with Crippen molar-refractivity contribution in [2.45, 2.75) is 26.3 Å². The maximum absolute atomic E-state index is 5.86. The molecule has 0 saturated heterocycles. The lowest BCUT2D eigenvalue weighted by Gasteiger charge is -2.16. The summed E-state index contributed by atoms with van der Waals surface area (Å²) in [5.74, 6) is 0.857. The van der Waals surface area contributed by atoms with Crippen LogP contribution in [0.2, 0.25) is 5.22 Å². The lowest BCUT2D eigenvalue weighted by molar-refractivity contribution is 0.453. The van der Waals surface area contributed by atoms with Crippen LogP contribution in [-0.4, -0.2) is 6.54 Å². The molecule has 1 aromatic carbocycles. The van der Waals surface area contributed by atoms with Crippen LogP contribution < -0.4 is 5.32 Å². The minimum absolute atomic E-state index is 0.0639. The normalized spacial score (nSPS) is 12.6. The van der Waals surface area contributed by atoms with E-state index in [0.29, 0.717) is 5.22 Å². The molecule has 1 N–H and O–H groups in total. The van der Waals surface area contributed by atoms with E-state index in [1.54, 1.807) is 6.07 Å². The molecule has 96 valence electrons. The molecule has 0 fully saturated rings. The average molecular weight is 264 g/mol. The van der Waals surface area contributed by atoms with Gasteiger partial charge in [0.1, 0.15) is 5.76 Å². The zero-order valence-electron chi connectivity index (χ0n) is 10.7. The van der Waals surface area contributed by atoms with E-state index in [2.05, 4.69) is 43.4 Å². The van der Waals surface area contributed by atoms with Gasteiger partial charge in [-0.15, -0.1) is 0 Å². The molecule has 1 atom stereocenters. The van der Waals surface area contributed by atoms with E-state index in [4.69, 9.17) is 16.0 Å². The molecule has 2 nitrogen and oxygen atoms in total. The summed E-state index contributed by atoms with van der Waals surface area (Å²) in [7, 11) is 0. The Morgan fingerprint density at radius 3 is 2.67 bits per heavy atom. The zero-order valence-corrected chi connectivity index (χ0v) is 11.5. The number of halogens is 1. The minimum atomic E-state index is 0.0639. The summed E-state index contributed by atoms with van der Waals surface area (Å²) < 4.78 is 5.53. The summed E-state index contributed by atoms with van der Waals surface area (Å²) in [6.07, 6.45) is 1.03. The van der Waals surface area contributed by atoms with Gasteiger partial charge in [-0.25, -0.2) is 0 Å². The van der Waals surface area contributed by atoms with E-state index in [9.17, 15) is 0 Å². The second-order valence-corrected chi connectivity index (χ2v) is 4.60. The molecule has 18 heavy (non-hydrogen) atoms. The highest BCUT2D eigenvalue weighted by atomic mass is 35.5. The summed E-state index contributed by atoms with van der Waals surface area (Å²) in [5, 5.41) is 3.86. The molecule has 0 aliphatic carbocycles. The van der Waals surface area contributed by atoms with Crippen LogP contribution in [-0.2, 0) is 6.42 Å². The summed E-state index contributed by atoms with van der Waals surface area (Å²) in [6.45, 7) is 5.12. The Morgan fingerprint density at radius 1 is 1.22 bits per heavy atom. The molecule has 0 bridgehead atoms. The van der Waals surface area contributed by atoms with Crippen molar-refractivity contribution in [3.8, 4) is 0 Å². The first-order valence-electron chi connectivity index (χ1n) is 6.32. The minimum Gasteiger partial charge on any atom is -0.448 e. The van der Waals surface area contributed by atoms with Crippen molar-refractivity contribution in [2.75, 3.05) is 6.54 Å². The molecular formula is C15H18ClNO. The fraction of sp³-hybridized carbons (Fsp3) is 0.333. The van der Waals surface area contributed by atoms with Gasteiger partial charge in [-0.3, -0.25) is 0 Å². The van der Waals surface area contributed by atoms with Gasteiger partial charge in [-0.1, -0.05) is 38.1 Å². The predicted molar refractivity (Wildman–Crippen MR) is 75.1 cm³/mol. The summed E-state index contributed by atoms with van der Waals surface area (Å²) >= 11 is 5.86. The number of rotatable bonds is 5. The predicted octanol–water partition coefficient (Wildman–Crippen LogP) is 4.19. The van der Waals surface area contributed by atoms with Crippen LogP contribution in [0, 0.1) is 0 Å². The quantitative estimate of drug-likeness (QED) is 0.875. The Kier molecular flexibility index (Phi) is 4.45. The summed E-state index contributed by atoms with van der Waals surface area (Å²) in [4.78, 5) is 0. The Bertz CT molecular complexity index is 507. The molecule has 1 heterocycles. The molecular weight excluding hydrogens is 246 g/mol. The van der Waals surface area contributed by atoms with Gasteiger partial charge in [-0.05, 0) is 47.8 Å². The van der Waals surface area contributed by atoms with Crippen molar-refractivity contribution >= 4 is 11.6 Å². The Labute approximate surface area is 113 Å². The van der Waals surface area contributed by atoms with E-state index in [1.165, 1.54) is 11.1 Å². The molecule has 0 saturated carbocycles. The molecule has 3 heteroatoms. The van der Waals surface area contributed by atoms with Crippen molar-refractivity contribution in [3.05, 3.63) is 58.5 Å². The van der Waals surface area contributed by atoms with Gasteiger partial charge < -0.3 is 9.73 Å². The standard InChI is InChI=1S/C15H18ClNO/c1-3-11-6-5-7-12(10-11)15(17-4-2)13-8-9-14(16)18-13/h5-10,15,17H,3-4H2,1-2H3. The van der Waals surface area contributed by atoms with Crippen LogP contribution in [0.3, 0.4) is 0 Å². The third-order valence-electron chi connectivity index (χ3n) is 2.98. The number of hydrogen-bond acceptors (Lipinski definition) is 2. The van der Waals surface area contributed by atoms with E-state index >= 15 is 0 Å². The van der Waals surface area contributed by atoms with Gasteiger partial charge in [0, 0.05) is 0 Å². The van der Waals surface area contributed by atoms with Gasteiger partial charge in [-0.2, -0.15) is 0 Å². The summed E-state index contributed by atoms with van der Waals surface area (Å²) in [5.41, 5.74) is 2.54. The number of nitrogens with one attached hydrogen (secondary N) is 1. The molecule has 0 aliphatic heterocycles. The van der Waals surface area contributed by atoms with Crippen molar-refractivity contribution in [2.24, 2.45) is 0 Å². The third kappa shape index (κ3) is 2.95. The Balaban J connectivity index is 2.34. The van der Waals surface area contributed by atoms with E-state index in [-0.39, 0.29) is 6.04 Å². The molecule has 1 aromatic heterocycles. The van der Waals surface area contributed by atoms with Gasteiger partial charge >= 0.3 is 0 Å². The van der Waals surface area contributed by atoms with Crippen molar-refractivity contribution in [3.63, 3.8) is 0 Å². The summed E-state index contributed by atoms with van der Waals surface area (Å²) in [6, 6.07) is 12.3. The van der Waals surface area contributed by atoms with Crippen LogP contribution in [0.25, 0.3) is 0 Å². The fourth-order valence-electron chi connectivity index (χ4n) is 2.06. The number of hydrogen-bond donors (Lipinski definition) is 1. The van der Waals surface area contributed by atoms with Crippen molar-refractivity contribution < 1.29 is 4.42 Å². The van der Waals surface area contributed by atoms with E-state index in [1.807, 2.05) is 6.07 Å². The Morgan fingerprint density at radius 2 is 2.06 bits per heavy atom. The highest BCUT2D eigenvalue weighted by Crippen LogP contribution is 2.26. The smallest absolute Gasteiger partial charge is 0.193 e. The van der Waals surface area contributed by atoms with Gasteiger partial charge in [0.25, 0.3) is 0 Å². The number of benzene rings is 1. The molecule has 0 amide bonds. The second kappa shape index (κ2) is 6.07. The van der Waals surface area contributed by atoms with Crippen molar-refractivity contribution in [1.82, 2.24) is 5.32 Å². The first kappa shape index (κ1) is 13.2. The van der Waals surface area contributed by atoms with Crippen LogP contribution in [0.4, 0.5) is 0 Å². The molecule has 1 unspecified atom stereocenters. The lowest BCUT2D eigenvalue weighted by Crippen LogP contribution is -2.21. The maximum Gasteiger partial charge on any atom is 0.193 e. The highest BCUT2D eigenvalue weighted by molar-refractivity contribution is 6.28.